The Bertz CT molecular complexity index is 2010. The Morgan fingerprint density at radius 1 is 0.743 bits per heavy atom. The maximum absolute atomic E-state index is 12.9. The van der Waals surface area contributed by atoms with Gasteiger partial charge >= 0.3 is 33.3 Å². The number of allylic oxidation sites excluding steroid dienone is 9. The fraction of sp³-hybridized carbons (Fsp3) is 0.698. The molecule has 1 aromatic heterocycles. The average molecular weight is 1090 g/mol. The number of carbonyl (C=O) groups excluding carboxylic acids is 2. The third-order valence-corrected chi connectivity index (χ3v) is 14.9. The zero-order valence-electron chi connectivity index (χ0n) is 44.2. The lowest BCUT2D eigenvalue weighted by Crippen LogP contribution is -2.36. The van der Waals surface area contributed by atoms with E-state index in [2.05, 4.69) is 66.5 Å². The van der Waals surface area contributed by atoms with Gasteiger partial charge in [0.05, 0.1) is 19.3 Å². The summed E-state index contributed by atoms with van der Waals surface area (Å²) in [5.41, 5.74) is 4.58. The van der Waals surface area contributed by atoms with Crippen LogP contribution in [0.15, 0.2) is 77.8 Å². The van der Waals surface area contributed by atoms with Crippen molar-refractivity contribution in [2.45, 2.75) is 212 Å². The van der Waals surface area contributed by atoms with Crippen molar-refractivity contribution in [3.05, 3.63) is 83.5 Å². The van der Waals surface area contributed by atoms with Gasteiger partial charge in [0.25, 0.3) is 0 Å². The fourth-order valence-corrected chi connectivity index (χ4v) is 9.84. The predicted molar refractivity (Wildman–Crippen MR) is 285 cm³/mol. The van der Waals surface area contributed by atoms with Crippen LogP contribution in [0.1, 0.15) is 181 Å². The lowest BCUT2D eigenvalue weighted by molar-refractivity contribution is -0.161. The van der Waals surface area contributed by atoms with Gasteiger partial charge in [-0.3, -0.25) is 23.2 Å². The Balaban J connectivity index is 1.83. The minimum Gasteiger partial charge on any atom is -0.462 e. The molecule has 21 heteroatoms. The van der Waals surface area contributed by atoms with Gasteiger partial charge in [0, 0.05) is 19.0 Å². The quantitative estimate of drug-likeness (QED) is 0.0117. The number of aliphatic hydroxyl groups is 3. The lowest BCUT2D eigenvalue weighted by Gasteiger charge is -2.21. The van der Waals surface area contributed by atoms with Gasteiger partial charge in [0.15, 0.2) is 12.3 Å². The second kappa shape index (κ2) is 39.7. The maximum Gasteiger partial charge on any atom is 0.481 e. The summed E-state index contributed by atoms with van der Waals surface area (Å²) in [7, 11) is -10.9. The summed E-state index contributed by atoms with van der Waals surface area (Å²) in [5.74, 6) is -0.673. The van der Waals surface area contributed by atoms with E-state index in [1.54, 1.807) is 12.2 Å². The van der Waals surface area contributed by atoms with Crippen molar-refractivity contribution >= 4 is 33.4 Å². The number of hydrogen-bond donors (Lipinski definition) is 6. The molecule has 1 aliphatic heterocycles. The standard InChI is InChI=1S/C53H89N3O16P2/c1-4-6-7-8-9-10-11-14-18-21-24-27-30-34-44(57)35-32-37-48(58)67-40-45(70-49(59)36-31-28-25-22-19-16-13-12-15-17-20-23-26-29-33-43(3)5-2)41-68-73(63,64)72-74(65,66)69-42-46-50(60)51(61)52(71-46)56-39-38-47(54)55-53(56)62/h6-7,9-10,14,18,24,27,30,34,38-39,43-46,50-52,57,60-61H,4-5,8,11-13,15-17,19-23,25-26,28-29,31-33,35-37,40-42H2,1-3H3,(H,63,64)(H,65,66)(H2,54,55,62)/b7-6-,10-9-,18-14-,27-24-,34-30+/t43?,44?,45-,46-,50-,51-,52-/m1/s1. The van der Waals surface area contributed by atoms with Crippen LogP contribution < -0.4 is 11.4 Å². The summed E-state index contributed by atoms with van der Waals surface area (Å²) in [6, 6.07) is 1.24. The van der Waals surface area contributed by atoms with Crippen LogP contribution in [0.3, 0.4) is 0 Å². The van der Waals surface area contributed by atoms with Crippen molar-refractivity contribution < 1.29 is 71.4 Å². The summed E-state index contributed by atoms with van der Waals surface area (Å²) in [5, 5.41) is 31.3. The number of ether oxygens (including phenoxy) is 3. The Kier molecular flexibility index (Phi) is 35.7. The molecule has 1 fully saturated rings. The lowest BCUT2D eigenvalue weighted by atomic mass is 9.99. The van der Waals surface area contributed by atoms with Gasteiger partial charge in [0.1, 0.15) is 30.7 Å². The highest BCUT2D eigenvalue weighted by Crippen LogP contribution is 2.60. The molecule has 422 valence electrons. The molecule has 1 aliphatic rings. The van der Waals surface area contributed by atoms with Gasteiger partial charge in [-0.05, 0) is 56.9 Å². The first kappa shape index (κ1) is 66.5. The van der Waals surface area contributed by atoms with Crippen molar-refractivity contribution in [1.82, 2.24) is 9.55 Å². The zero-order valence-corrected chi connectivity index (χ0v) is 45.9. The Morgan fingerprint density at radius 3 is 1.89 bits per heavy atom. The van der Waals surface area contributed by atoms with Crippen LogP contribution in [-0.4, -0.2) is 96.9 Å². The molecule has 2 heterocycles. The van der Waals surface area contributed by atoms with Gasteiger partial charge in [-0.1, -0.05) is 178 Å². The zero-order chi connectivity index (χ0) is 54.5. The highest BCUT2D eigenvalue weighted by molar-refractivity contribution is 7.61. The van der Waals surface area contributed by atoms with E-state index in [0.717, 1.165) is 68.0 Å². The molecule has 4 unspecified atom stereocenters. The van der Waals surface area contributed by atoms with Gasteiger partial charge in [-0.15, -0.1) is 0 Å². The number of hydrogen-bond acceptors (Lipinski definition) is 16. The third-order valence-electron chi connectivity index (χ3n) is 12.3. The number of rotatable bonds is 43. The molecule has 2 rings (SSSR count). The number of esters is 2. The number of aliphatic hydroxyl groups excluding tert-OH is 3. The number of aromatic nitrogens is 2. The van der Waals surface area contributed by atoms with Crippen LogP contribution in [0.25, 0.3) is 0 Å². The van der Waals surface area contributed by atoms with Crippen LogP contribution in [0.5, 0.6) is 0 Å². The molecule has 0 aromatic carbocycles. The molecular formula is C53H89N3O16P2. The molecule has 0 bridgehead atoms. The normalized spacial score (nSPS) is 20.2. The first-order chi connectivity index (χ1) is 35.5. The first-order valence-electron chi connectivity index (χ1n) is 26.8. The summed E-state index contributed by atoms with van der Waals surface area (Å²) in [6.45, 7) is 4.21. The van der Waals surface area contributed by atoms with Gasteiger partial charge in [-0.25, -0.2) is 13.9 Å². The van der Waals surface area contributed by atoms with Crippen molar-refractivity contribution in [3.8, 4) is 0 Å². The van der Waals surface area contributed by atoms with Crippen molar-refractivity contribution in [3.63, 3.8) is 0 Å². The molecule has 7 N–H and O–H groups in total. The number of unbranched alkanes of at least 4 members (excludes halogenated alkanes) is 13. The monoisotopic (exact) mass is 1090 g/mol. The van der Waals surface area contributed by atoms with Crippen LogP contribution in [-0.2, 0) is 46.3 Å². The SMILES string of the molecule is CC/C=C\C/C=C\C/C=C\C/C=C\C=C\C(O)CCCC(=O)OC[C@H](COP(=O)(O)OP(=O)(O)OC[C@H]1O[C@@H](n2ccc(N)nc2=O)[C@H](O)[C@@H]1O)OC(=O)CCCCCCCCCCCCCCCCC(C)CC. The van der Waals surface area contributed by atoms with Crippen LogP contribution in [0.4, 0.5) is 5.82 Å². The Labute approximate surface area is 439 Å². The summed E-state index contributed by atoms with van der Waals surface area (Å²) < 4.78 is 56.7. The molecule has 0 amide bonds. The van der Waals surface area contributed by atoms with E-state index in [1.165, 1.54) is 76.7 Å². The molecule has 0 aliphatic carbocycles. The van der Waals surface area contributed by atoms with Crippen LogP contribution >= 0.6 is 15.6 Å². The molecule has 0 saturated carbocycles. The molecule has 19 nitrogen and oxygen atoms in total. The largest absolute Gasteiger partial charge is 0.481 e. The highest BCUT2D eigenvalue weighted by Gasteiger charge is 2.46. The van der Waals surface area contributed by atoms with Gasteiger partial charge in [-0.2, -0.15) is 9.29 Å². The minimum atomic E-state index is -5.47. The van der Waals surface area contributed by atoms with Crippen LogP contribution in [0, 0.1) is 5.92 Å². The molecule has 1 saturated heterocycles. The summed E-state index contributed by atoms with van der Waals surface area (Å²) in [6.07, 6.45) is 34.6. The van der Waals surface area contributed by atoms with E-state index >= 15 is 0 Å². The van der Waals surface area contributed by atoms with E-state index in [4.69, 9.17) is 29.0 Å². The minimum absolute atomic E-state index is 0.00941. The molecule has 0 spiro atoms. The van der Waals surface area contributed by atoms with E-state index in [1.807, 2.05) is 12.2 Å². The number of carbonyl (C=O) groups is 2. The number of anilines is 1. The average Bonchev–Trinajstić information content (AvgIpc) is 3.63. The predicted octanol–water partition coefficient (Wildman–Crippen LogP) is 10.3. The first-order valence-corrected chi connectivity index (χ1v) is 29.8. The molecule has 0 radical (unpaired) electrons. The fourth-order valence-electron chi connectivity index (χ4n) is 7.73. The van der Waals surface area contributed by atoms with Gasteiger partial charge in [0.2, 0.25) is 0 Å². The summed E-state index contributed by atoms with van der Waals surface area (Å²) in [4.78, 5) is 62.0. The number of nitrogen functional groups attached to an aromatic ring is 1. The van der Waals surface area contributed by atoms with E-state index in [-0.39, 0.29) is 31.5 Å². The van der Waals surface area contributed by atoms with Crippen LogP contribution in [0.2, 0.25) is 0 Å². The topological polar surface area (TPSA) is 286 Å². The summed E-state index contributed by atoms with van der Waals surface area (Å²) >= 11 is 0. The Hall–Kier alpha value is -3.58. The smallest absolute Gasteiger partial charge is 0.462 e. The molecule has 74 heavy (non-hydrogen) atoms. The maximum atomic E-state index is 12.9. The number of nitrogens with zero attached hydrogens (tertiary/aromatic N) is 2. The number of nitrogens with two attached hydrogens (primary N) is 1. The third kappa shape index (κ3) is 32.1. The molecular weight excluding hydrogens is 997 g/mol. The number of phosphoric ester groups is 2. The highest BCUT2D eigenvalue weighted by atomic mass is 31.3. The molecule has 1 aromatic rings. The van der Waals surface area contributed by atoms with E-state index in [9.17, 15) is 48.6 Å². The van der Waals surface area contributed by atoms with E-state index < -0.39 is 89.8 Å². The molecule has 9 atom stereocenters. The van der Waals surface area contributed by atoms with Crippen molar-refractivity contribution in [2.24, 2.45) is 5.92 Å². The van der Waals surface area contributed by atoms with Gasteiger partial charge < -0.3 is 45.1 Å². The Morgan fingerprint density at radius 2 is 1.30 bits per heavy atom. The second-order valence-corrected chi connectivity index (χ2v) is 21.8. The second-order valence-electron chi connectivity index (χ2n) is 18.8. The number of phosphoric acid groups is 2. The van der Waals surface area contributed by atoms with Crippen molar-refractivity contribution in [2.75, 3.05) is 25.6 Å². The van der Waals surface area contributed by atoms with E-state index in [0.29, 0.717) is 6.42 Å². The van der Waals surface area contributed by atoms with Crippen molar-refractivity contribution in [1.29, 1.82) is 0 Å².